The molecule has 0 unspecified atom stereocenters. The molecule has 35 heavy (non-hydrogen) atoms. The fraction of sp³-hybridized carbons (Fsp3) is 0.231. The van der Waals surface area contributed by atoms with E-state index < -0.39 is 35.7 Å². The van der Waals surface area contributed by atoms with Gasteiger partial charge in [-0.3, -0.25) is 14.4 Å². The van der Waals surface area contributed by atoms with Crippen molar-refractivity contribution in [2.75, 3.05) is 31.3 Å². The van der Waals surface area contributed by atoms with Gasteiger partial charge in [-0.25, -0.2) is 14.4 Å². The number of benzene rings is 3. The maximum Gasteiger partial charge on any atom is 0.266 e. The molecule has 0 saturated carbocycles. The van der Waals surface area contributed by atoms with E-state index in [1.807, 2.05) is 30.3 Å². The molecule has 8 nitrogen and oxygen atoms in total. The van der Waals surface area contributed by atoms with E-state index in [4.69, 9.17) is 19.0 Å². The highest BCUT2D eigenvalue weighted by Gasteiger charge is 2.61. The van der Waals surface area contributed by atoms with Crippen LogP contribution in [0.2, 0.25) is 0 Å². The van der Waals surface area contributed by atoms with Crippen molar-refractivity contribution in [2.24, 2.45) is 5.92 Å². The normalized spacial score (nSPS) is 21.3. The number of carbonyl (C=O) groups excluding carboxylic acids is 2. The summed E-state index contributed by atoms with van der Waals surface area (Å²) in [6.07, 6.45) is -1.07. The van der Waals surface area contributed by atoms with Crippen molar-refractivity contribution in [1.29, 1.82) is 0 Å². The van der Waals surface area contributed by atoms with Crippen LogP contribution in [0.25, 0.3) is 0 Å². The van der Waals surface area contributed by atoms with Crippen molar-refractivity contribution in [3.8, 4) is 17.2 Å². The SMILES string of the molecule is COc1ccc([C@@H]2[C@@H]3C(=O)N(c4ccc(F)cc4)C(=O)[C@@H]3ON2c2ccccc2)c(OC)c1OC. The first-order chi connectivity index (χ1) is 17.0. The molecular formula is C26H23FN2O6. The lowest BCUT2D eigenvalue weighted by Gasteiger charge is -2.30. The molecule has 5 rings (SSSR count). The predicted octanol–water partition coefficient (Wildman–Crippen LogP) is 3.90. The Morgan fingerprint density at radius 1 is 0.771 bits per heavy atom. The third-order valence-corrected chi connectivity index (χ3v) is 6.26. The molecule has 2 amide bonds. The number of nitrogens with zero attached hydrogens (tertiary/aromatic N) is 2. The molecule has 0 aromatic heterocycles. The van der Waals surface area contributed by atoms with Crippen molar-refractivity contribution in [1.82, 2.24) is 0 Å². The van der Waals surface area contributed by atoms with Crippen molar-refractivity contribution in [3.63, 3.8) is 0 Å². The number of hydroxylamine groups is 1. The number of hydrogen-bond donors (Lipinski definition) is 0. The molecule has 0 N–H and O–H groups in total. The summed E-state index contributed by atoms with van der Waals surface area (Å²) in [5.74, 6) is -1.15. The minimum atomic E-state index is -1.07. The van der Waals surface area contributed by atoms with Crippen molar-refractivity contribution < 1.29 is 33.0 Å². The molecule has 0 bridgehead atoms. The minimum Gasteiger partial charge on any atom is -0.493 e. The standard InChI is InChI=1S/C26H23FN2O6/c1-32-19-14-13-18(22(33-2)23(19)34-3)21-20-24(35-29(21)17-7-5-4-6-8-17)26(31)28(25(20)30)16-11-9-15(27)10-12-16/h4-14,20-21,24H,1-3H3/t20-,21+,24+/m0/s1. The van der Waals surface area contributed by atoms with Crippen LogP contribution in [0.5, 0.6) is 17.2 Å². The number of amides is 2. The maximum atomic E-state index is 13.7. The van der Waals surface area contributed by atoms with Gasteiger partial charge in [0.05, 0.1) is 32.7 Å². The smallest absolute Gasteiger partial charge is 0.266 e. The number of fused-ring (bicyclic) bond motifs is 1. The topological polar surface area (TPSA) is 77.5 Å². The zero-order valence-electron chi connectivity index (χ0n) is 19.3. The second-order valence-electron chi connectivity index (χ2n) is 8.07. The zero-order valence-corrected chi connectivity index (χ0v) is 19.3. The molecular weight excluding hydrogens is 455 g/mol. The highest BCUT2D eigenvalue weighted by Crippen LogP contribution is 2.52. The number of hydrogen-bond acceptors (Lipinski definition) is 7. The average molecular weight is 478 g/mol. The van der Waals surface area contributed by atoms with Gasteiger partial charge in [0.1, 0.15) is 17.8 Å². The van der Waals surface area contributed by atoms with Crippen LogP contribution < -0.4 is 24.2 Å². The Morgan fingerprint density at radius 3 is 2.09 bits per heavy atom. The Morgan fingerprint density at radius 2 is 1.46 bits per heavy atom. The van der Waals surface area contributed by atoms with Crippen LogP contribution in [0.4, 0.5) is 15.8 Å². The maximum absolute atomic E-state index is 13.7. The highest BCUT2D eigenvalue weighted by atomic mass is 19.1. The molecule has 180 valence electrons. The van der Waals surface area contributed by atoms with Gasteiger partial charge in [0.2, 0.25) is 11.7 Å². The number of methoxy groups -OCH3 is 3. The van der Waals surface area contributed by atoms with Gasteiger partial charge in [0, 0.05) is 5.56 Å². The Kier molecular flexibility index (Phi) is 5.78. The van der Waals surface area contributed by atoms with Gasteiger partial charge < -0.3 is 14.2 Å². The fourth-order valence-corrected chi connectivity index (χ4v) is 4.73. The zero-order chi connectivity index (χ0) is 24.7. The third-order valence-electron chi connectivity index (χ3n) is 6.26. The summed E-state index contributed by atoms with van der Waals surface area (Å²) in [6, 6.07) is 17.2. The largest absolute Gasteiger partial charge is 0.493 e. The van der Waals surface area contributed by atoms with Gasteiger partial charge in [-0.2, -0.15) is 0 Å². The number of para-hydroxylation sites is 1. The van der Waals surface area contributed by atoms with Gasteiger partial charge >= 0.3 is 0 Å². The highest BCUT2D eigenvalue weighted by molar-refractivity contribution is 6.24. The molecule has 0 spiro atoms. The third kappa shape index (κ3) is 3.55. The Hall–Kier alpha value is -4.11. The lowest BCUT2D eigenvalue weighted by Crippen LogP contribution is -2.37. The first kappa shape index (κ1) is 22.7. The van der Waals surface area contributed by atoms with Gasteiger partial charge in [-0.1, -0.05) is 18.2 Å². The van der Waals surface area contributed by atoms with E-state index in [1.54, 1.807) is 17.2 Å². The van der Waals surface area contributed by atoms with Crippen molar-refractivity contribution in [3.05, 3.63) is 78.1 Å². The number of imide groups is 1. The number of halogens is 1. The summed E-state index contributed by atoms with van der Waals surface area (Å²) in [5.41, 5.74) is 1.53. The van der Waals surface area contributed by atoms with E-state index in [2.05, 4.69) is 0 Å². The number of rotatable bonds is 6. The molecule has 0 aliphatic carbocycles. The van der Waals surface area contributed by atoms with Crippen LogP contribution in [0.1, 0.15) is 11.6 Å². The Bertz CT molecular complexity index is 1270. The molecule has 0 radical (unpaired) electrons. The Labute approximate surface area is 201 Å². The molecule has 2 aliphatic rings. The van der Waals surface area contributed by atoms with Gasteiger partial charge in [0.15, 0.2) is 17.6 Å². The summed E-state index contributed by atoms with van der Waals surface area (Å²) in [5, 5.41) is 1.57. The monoisotopic (exact) mass is 478 g/mol. The molecule has 2 aliphatic heterocycles. The van der Waals surface area contributed by atoms with Crippen LogP contribution in [-0.2, 0) is 14.4 Å². The predicted molar refractivity (Wildman–Crippen MR) is 125 cm³/mol. The molecule has 3 aromatic carbocycles. The van der Waals surface area contributed by atoms with E-state index in [0.717, 1.165) is 4.90 Å². The van der Waals surface area contributed by atoms with E-state index in [9.17, 15) is 14.0 Å². The van der Waals surface area contributed by atoms with Crippen LogP contribution in [0.15, 0.2) is 66.7 Å². The van der Waals surface area contributed by atoms with Crippen LogP contribution in [0.3, 0.4) is 0 Å². The van der Waals surface area contributed by atoms with Crippen molar-refractivity contribution >= 4 is 23.2 Å². The molecule has 2 heterocycles. The van der Waals surface area contributed by atoms with E-state index in [0.29, 0.717) is 28.5 Å². The van der Waals surface area contributed by atoms with Crippen LogP contribution in [-0.4, -0.2) is 39.2 Å². The van der Waals surface area contributed by atoms with E-state index >= 15 is 0 Å². The second-order valence-corrected chi connectivity index (χ2v) is 8.07. The summed E-state index contributed by atoms with van der Waals surface area (Å²) in [6.45, 7) is 0. The van der Waals surface area contributed by atoms with E-state index in [1.165, 1.54) is 45.6 Å². The summed E-state index contributed by atoms with van der Waals surface area (Å²) < 4.78 is 30.1. The molecule has 9 heteroatoms. The van der Waals surface area contributed by atoms with Crippen LogP contribution >= 0.6 is 0 Å². The fourth-order valence-electron chi connectivity index (χ4n) is 4.73. The van der Waals surface area contributed by atoms with Gasteiger partial charge in [-0.05, 0) is 48.5 Å². The first-order valence-corrected chi connectivity index (χ1v) is 10.9. The minimum absolute atomic E-state index is 0.281. The van der Waals surface area contributed by atoms with Crippen LogP contribution in [0, 0.1) is 11.7 Å². The average Bonchev–Trinajstić information content (AvgIpc) is 3.39. The number of ether oxygens (including phenoxy) is 3. The lowest BCUT2D eigenvalue weighted by molar-refractivity contribution is -0.126. The quantitative estimate of drug-likeness (QED) is 0.498. The molecule has 3 atom stereocenters. The lowest BCUT2D eigenvalue weighted by atomic mass is 9.89. The Balaban J connectivity index is 1.65. The summed E-state index contributed by atoms with van der Waals surface area (Å²) >= 11 is 0. The summed E-state index contributed by atoms with van der Waals surface area (Å²) in [4.78, 5) is 34.3. The number of anilines is 2. The summed E-state index contributed by atoms with van der Waals surface area (Å²) in [7, 11) is 4.50. The van der Waals surface area contributed by atoms with E-state index in [-0.39, 0.29) is 5.69 Å². The second kappa shape index (κ2) is 8.92. The molecule has 2 fully saturated rings. The molecule has 3 aromatic rings. The van der Waals surface area contributed by atoms with Gasteiger partial charge in [0.25, 0.3) is 5.91 Å². The first-order valence-electron chi connectivity index (χ1n) is 10.9. The van der Waals surface area contributed by atoms with Gasteiger partial charge in [-0.15, -0.1) is 0 Å². The number of carbonyl (C=O) groups is 2. The molecule has 2 saturated heterocycles. The van der Waals surface area contributed by atoms with Crippen molar-refractivity contribution in [2.45, 2.75) is 12.1 Å².